The Labute approximate surface area is 94.3 Å². The number of hydrogen-bond acceptors (Lipinski definition) is 3. The van der Waals surface area contributed by atoms with Crippen LogP contribution in [0.25, 0.3) is 10.9 Å². The molecule has 3 nitrogen and oxygen atoms in total. The van der Waals surface area contributed by atoms with Crippen LogP contribution < -0.4 is 4.74 Å². The first-order valence-corrected chi connectivity index (χ1v) is 5.06. The van der Waals surface area contributed by atoms with Gasteiger partial charge in [-0.05, 0) is 36.8 Å². The summed E-state index contributed by atoms with van der Waals surface area (Å²) in [6, 6.07) is 9.90. The fourth-order valence-corrected chi connectivity index (χ4v) is 1.68. The van der Waals surface area contributed by atoms with Crippen molar-refractivity contribution in [1.29, 1.82) is 5.26 Å². The van der Waals surface area contributed by atoms with Crippen LogP contribution in [0.2, 0.25) is 0 Å². The van der Waals surface area contributed by atoms with Crippen molar-refractivity contribution in [2.45, 2.75) is 13.3 Å². The Hall–Kier alpha value is -2.08. The zero-order valence-electron chi connectivity index (χ0n) is 9.32. The van der Waals surface area contributed by atoms with Crippen molar-refractivity contribution in [2.75, 3.05) is 7.11 Å². The number of nitrogens with zero attached hydrogens (tertiary/aromatic N) is 2. The van der Waals surface area contributed by atoms with Crippen LogP contribution in [0, 0.1) is 18.3 Å². The first-order valence-electron chi connectivity index (χ1n) is 5.06. The van der Waals surface area contributed by atoms with Gasteiger partial charge in [0.1, 0.15) is 5.75 Å². The number of methoxy groups -OCH3 is 1. The van der Waals surface area contributed by atoms with Crippen LogP contribution in [-0.2, 0) is 6.42 Å². The van der Waals surface area contributed by atoms with Gasteiger partial charge in [0.25, 0.3) is 0 Å². The molecule has 2 aromatic rings. The molecule has 0 saturated carbocycles. The van der Waals surface area contributed by atoms with Crippen LogP contribution in [0.5, 0.6) is 5.75 Å². The fourth-order valence-electron chi connectivity index (χ4n) is 1.68. The number of nitriles is 1. The minimum Gasteiger partial charge on any atom is -0.497 e. The van der Waals surface area contributed by atoms with Crippen molar-refractivity contribution in [1.82, 2.24) is 4.98 Å². The second-order valence-electron chi connectivity index (χ2n) is 3.65. The van der Waals surface area contributed by atoms with Crippen molar-refractivity contribution in [3.05, 3.63) is 35.5 Å². The molecular weight excluding hydrogens is 200 g/mol. The van der Waals surface area contributed by atoms with E-state index in [-0.39, 0.29) is 0 Å². The molecule has 0 saturated heterocycles. The van der Waals surface area contributed by atoms with Crippen LogP contribution in [0.15, 0.2) is 24.3 Å². The largest absolute Gasteiger partial charge is 0.497 e. The Morgan fingerprint density at radius 2 is 2.19 bits per heavy atom. The molecule has 0 unspecified atom stereocenters. The van der Waals surface area contributed by atoms with E-state index in [2.05, 4.69) is 11.1 Å². The highest BCUT2D eigenvalue weighted by Crippen LogP contribution is 2.21. The first-order chi connectivity index (χ1) is 7.74. The van der Waals surface area contributed by atoms with Crippen LogP contribution in [0.1, 0.15) is 11.3 Å². The number of rotatable bonds is 2. The number of fused-ring (bicyclic) bond motifs is 1. The lowest BCUT2D eigenvalue weighted by Gasteiger charge is -2.06. The van der Waals surface area contributed by atoms with Gasteiger partial charge in [0.2, 0.25) is 0 Å². The van der Waals surface area contributed by atoms with Gasteiger partial charge >= 0.3 is 0 Å². The molecule has 0 aliphatic rings. The van der Waals surface area contributed by atoms with E-state index in [0.717, 1.165) is 27.9 Å². The van der Waals surface area contributed by atoms with Crippen LogP contribution in [0.3, 0.4) is 0 Å². The Kier molecular flexibility index (Phi) is 2.74. The molecule has 16 heavy (non-hydrogen) atoms. The lowest BCUT2D eigenvalue weighted by atomic mass is 10.1. The number of aryl methyl sites for hydroxylation is 1. The van der Waals surface area contributed by atoms with Crippen molar-refractivity contribution >= 4 is 10.9 Å². The molecule has 3 heteroatoms. The van der Waals surface area contributed by atoms with Gasteiger partial charge in [-0.2, -0.15) is 5.26 Å². The Balaban J connectivity index is 2.60. The Bertz CT molecular complexity index is 570. The van der Waals surface area contributed by atoms with Crippen LogP contribution >= 0.6 is 0 Å². The van der Waals surface area contributed by atoms with E-state index in [1.165, 1.54) is 0 Å². The molecule has 0 bridgehead atoms. The fraction of sp³-hybridized carbons (Fsp3) is 0.231. The van der Waals surface area contributed by atoms with E-state index in [1.807, 2.05) is 31.2 Å². The smallest absolute Gasteiger partial charge is 0.119 e. The standard InChI is InChI=1S/C13H12N2O/c1-9-7-10-8-11(16-2)3-4-13(10)15-12(9)5-6-14/h3-4,7-8H,5H2,1-2H3. The monoisotopic (exact) mass is 212 g/mol. The van der Waals surface area contributed by atoms with E-state index in [1.54, 1.807) is 7.11 Å². The summed E-state index contributed by atoms with van der Waals surface area (Å²) in [7, 11) is 1.64. The lowest BCUT2D eigenvalue weighted by molar-refractivity contribution is 0.415. The summed E-state index contributed by atoms with van der Waals surface area (Å²) >= 11 is 0. The summed E-state index contributed by atoms with van der Waals surface area (Å²) in [5, 5.41) is 9.73. The third-order valence-corrected chi connectivity index (χ3v) is 2.56. The molecule has 0 aliphatic heterocycles. The maximum Gasteiger partial charge on any atom is 0.119 e. The van der Waals surface area contributed by atoms with Crippen molar-refractivity contribution < 1.29 is 4.74 Å². The maximum atomic E-state index is 8.69. The van der Waals surface area contributed by atoms with E-state index < -0.39 is 0 Å². The molecule has 2 rings (SSSR count). The van der Waals surface area contributed by atoms with E-state index in [9.17, 15) is 0 Å². The predicted molar refractivity (Wildman–Crippen MR) is 62.3 cm³/mol. The van der Waals surface area contributed by atoms with Crippen LogP contribution in [-0.4, -0.2) is 12.1 Å². The number of benzene rings is 1. The maximum absolute atomic E-state index is 8.69. The van der Waals surface area contributed by atoms with Gasteiger partial charge in [-0.1, -0.05) is 0 Å². The molecule has 1 aromatic heterocycles. The van der Waals surface area contributed by atoms with Gasteiger partial charge in [-0.15, -0.1) is 0 Å². The van der Waals surface area contributed by atoms with E-state index in [0.29, 0.717) is 6.42 Å². The molecule has 1 heterocycles. The molecule has 0 N–H and O–H groups in total. The molecule has 0 aliphatic carbocycles. The molecule has 0 radical (unpaired) electrons. The van der Waals surface area contributed by atoms with Crippen molar-refractivity contribution in [2.24, 2.45) is 0 Å². The summed E-state index contributed by atoms with van der Waals surface area (Å²) in [5.41, 5.74) is 2.79. The zero-order valence-corrected chi connectivity index (χ0v) is 9.32. The second kappa shape index (κ2) is 4.19. The average molecular weight is 212 g/mol. The van der Waals surface area contributed by atoms with Gasteiger partial charge in [0, 0.05) is 5.39 Å². The quantitative estimate of drug-likeness (QED) is 0.768. The molecule has 0 fully saturated rings. The number of aromatic nitrogens is 1. The molecular formula is C13H12N2O. The molecule has 0 atom stereocenters. The van der Waals surface area contributed by atoms with Gasteiger partial charge < -0.3 is 4.74 Å². The summed E-state index contributed by atoms with van der Waals surface area (Å²) in [4.78, 5) is 4.46. The minimum atomic E-state index is 0.355. The van der Waals surface area contributed by atoms with Crippen molar-refractivity contribution in [3.8, 4) is 11.8 Å². The third-order valence-electron chi connectivity index (χ3n) is 2.56. The summed E-state index contributed by atoms with van der Waals surface area (Å²) < 4.78 is 5.16. The topological polar surface area (TPSA) is 45.9 Å². The highest BCUT2D eigenvalue weighted by Gasteiger charge is 2.04. The van der Waals surface area contributed by atoms with Gasteiger partial charge in [0.15, 0.2) is 0 Å². The molecule has 0 spiro atoms. The first kappa shape index (κ1) is 10.4. The van der Waals surface area contributed by atoms with Gasteiger partial charge in [-0.3, -0.25) is 4.98 Å². The SMILES string of the molecule is COc1ccc2nc(CC#N)c(C)cc2c1. The third kappa shape index (κ3) is 1.82. The van der Waals surface area contributed by atoms with Gasteiger partial charge in [-0.25, -0.2) is 0 Å². The minimum absolute atomic E-state index is 0.355. The van der Waals surface area contributed by atoms with Gasteiger partial charge in [0.05, 0.1) is 30.8 Å². The van der Waals surface area contributed by atoms with E-state index >= 15 is 0 Å². The highest BCUT2D eigenvalue weighted by molar-refractivity contribution is 5.81. The molecule has 1 aromatic carbocycles. The molecule has 80 valence electrons. The predicted octanol–water partition coefficient (Wildman–Crippen LogP) is 2.62. The second-order valence-corrected chi connectivity index (χ2v) is 3.65. The Morgan fingerprint density at radius 1 is 1.38 bits per heavy atom. The van der Waals surface area contributed by atoms with E-state index in [4.69, 9.17) is 10.00 Å². The average Bonchev–Trinajstić information content (AvgIpc) is 2.30. The summed E-state index contributed by atoms with van der Waals surface area (Å²) in [6.07, 6.45) is 0.355. The molecule has 0 amide bonds. The normalized spacial score (nSPS) is 10.1. The highest BCUT2D eigenvalue weighted by atomic mass is 16.5. The van der Waals surface area contributed by atoms with Crippen LogP contribution in [0.4, 0.5) is 0 Å². The summed E-state index contributed by atoms with van der Waals surface area (Å²) in [6.45, 7) is 1.97. The van der Waals surface area contributed by atoms with Crippen molar-refractivity contribution in [3.63, 3.8) is 0 Å². The number of ether oxygens (including phenoxy) is 1. The number of pyridine rings is 1. The lowest BCUT2D eigenvalue weighted by Crippen LogP contribution is -1.94. The zero-order chi connectivity index (χ0) is 11.5. The number of hydrogen-bond donors (Lipinski definition) is 0. The summed E-state index contributed by atoms with van der Waals surface area (Å²) in [5.74, 6) is 0.821. The Morgan fingerprint density at radius 3 is 2.88 bits per heavy atom.